The molecule has 0 aromatic rings. The molecule has 0 fully saturated rings. The summed E-state index contributed by atoms with van der Waals surface area (Å²) in [7, 11) is 0. The van der Waals surface area contributed by atoms with Crippen molar-refractivity contribution in [2.24, 2.45) is 0 Å². The van der Waals surface area contributed by atoms with Crippen molar-refractivity contribution in [1.82, 2.24) is 10.6 Å². The van der Waals surface area contributed by atoms with E-state index in [1.54, 1.807) is 0 Å². The molecule has 0 spiro atoms. The summed E-state index contributed by atoms with van der Waals surface area (Å²) in [6.45, 7) is 17.8. The number of aliphatic hydroxyl groups is 1. The molecular weight excluding hydrogens is 737 g/mol. The van der Waals surface area contributed by atoms with E-state index < -0.39 is 23.4 Å². The van der Waals surface area contributed by atoms with E-state index >= 15 is 0 Å². The molecule has 36 heavy (non-hydrogen) atoms. The molecule has 3 N–H and O–H groups in total. The number of carbonyl (C=O) groups is 2. The van der Waals surface area contributed by atoms with Gasteiger partial charge in [0.2, 0.25) is 0 Å². The van der Waals surface area contributed by atoms with Crippen LogP contribution in [0.3, 0.4) is 0 Å². The topological polar surface area (TPSA) is 134 Å². The second-order valence-corrected chi connectivity index (χ2v) is 9.03. The van der Waals surface area contributed by atoms with Crippen molar-refractivity contribution in [1.29, 1.82) is 0 Å². The van der Waals surface area contributed by atoms with E-state index in [2.05, 4.69) is 17.6 Å². The van der Waals surface area contributed by atoms with Crippen LogP contribution in [0.5, 0.6) is 0 Å². The van der Waals surface area contributed by atoms with Gasteiger partial charge in [0.05, 0.1) is 52.9 Å². The van der Waals surface area contributed by atoms with Crippen molar-refractivity contribution in [3.05, 3.63) is 0 Å². The Morgan fingerprint density at radius 2 is 0.972 bits per heavy atom. The first-order valence-corrected chi connectivity index (χ1v) is 11.8. The Morgan fingerprint density at radius 1 is 0.639 bits per heavy atom. The molecule has 0 heterocycles. The van der Waals surface area contributed by atoms with Crippen molar-refractivity contribution in [2.75, 3.05) is 72.6 Å². The minimum atomic E-state index is -0.483. The van der Waals surface area contributed by atoms with Crippen molar-refractivity contribution >= 4 is 12.2 Å². The van der Waals surface area contributed by atoms with Crippen LogP contribution in [0.15, 0.2) is 0 Å². The summed E-state index contributed by atoms with van der Waals surface area (Å²) in [6.07, 6.45) is 0.154. The molecule has 0 aliphatic rings. The van der Waals surface area contributed by atoms with Gasteiger partial charge in [-0.05, 0) is 48.0 Å². The fourth-order valence-corrected chi connectivity index (χ4v) is 1.93. The van der Waals surface area contributed by atoms with Crippen molar-refractivity contribution < 1.29 is 92.8 Å². The zero-order chi connectivity index (χ0) is 26.3. The summed E-state index contributed by atoms with van der Waals surface area (Å²) in [5.41, 5.74) is -0.942. The minimum absolute atomic E-state index is 0. The molecule has 0 saturated carbocycles. The second-order valence-electron chi connectivity index (χ2n) is 9.03. The Labute approximate surface area is 253 Å². The summed E-state index contributed by atoms with van der Waals surface area (Å²) >= 11 is 0. The molecule has 0 unspecified atom stereocenters. The molecular formula is C23H48N2O9UV. The monoisotopic (exact) mass is 785 g/mol. The van der Waals surface area contributed by atoms with Crippen LogP contribution in [0.1, 0.15) is 54.9 Å². The molecule has 0 aliphatic heterocycles. The molecule has 0 atom stereocenters. The number of nitrogens with one attached hydrogen (secondary N) is 2. The molecule has 13 heteroatoms. The maximum absolute atomic E-state index is 11.2. The first-order chi connectivity index (χ1) is 15.9. The van der Waals surface area contributed by atoms with Gasteiger partial charge in [-0.3, -0.25) is 0 Å². The van der Waals surface area contributed by atoms with Gasteiger partial charge in [-0.25, -0.2) is 9.59 Å². The molecule has 0 saturated heterocycles. The quantitative estimate of drug-likeness (QED) is 0.202. The Hall–Kier alpha value is -0.0236. The smallest absolute Gasteiger partial charge is 0.407 e. The zero-order valence-electron chi connectivity index (χ0n) is 23.1. The Kier molecular flexibility index (Phi) is 33.5. The Morgan fingerprint density at radius 3 is 1.28 bits per heavy atom. The van der Waals surface area contributed by atoms with Gasteiger partial charge in [0, 0.05) is 69.4 Å². The molecule has 2 amide bonds. The predicted molar refractivity (Wildman–Crippen MR) is 129 cm³/mol. The summed E-state index contributed by atoms with van der Waals surface area (Å²) in [5, 5.41) is 13.6. The third-order valence-electron chi connectivity index (χ3n) is 3.16. The number of ether oxygens (including phenoxy) is 6. The molecule has 0 bridgehead atoms. The minimum Gasteiger partial charge on any atom is -0.444 e. The number of hydrogen-bond acceptors (Lipinski definition) is 9. The maximum atomic E-state index is 11.2. The van der Waals surface area contributed by atoms with Gasteiger partial charge in [0.1, 0.15) is 11.2 Å². The molecule has 0 aromatic carbocycles. The molecule has 1 radical (unpaired) electrons. The summed E-state index contributed by atoms with van der Waals surface area (Å²) in [5.74, 6) is 0. The van der Waals surface area contributed by atoms with E-state index in [1.807, 2.05) is 41.5 Å². The average molecular weight is 786 g/mol. The van der Waals surface area contributed by atoms with E-state index in [1.165, 1.54) is 0 Å². The van der Waals surface area contributed by atoms with E-state index in [9.17, 15) is 9.59 Å². The van der Waals surface area contributed by atoms with Gasteiger partial charge in [-0.1, -0.05) is 6.92 Å². The van der Waals surface area contributed by atoms with E-state index in [4.69, 9.17) is 33.5 Å². The number of carbonyl (C=O) groups excluding carboxylic acids is 2. The first-order valence-electron chi connectivity index (χ1n) is 11.8. The van der Waals surface area contributed by atoms with Crippen LogP contribution in [0, 0.1) is 31.1 Å². The molecule has 0 rings (SSSR count). The molecule has 11 nitrogen and oxygen atoms in total. The predicted octanol–water partition coefficient (Wildman–Crippen LogP) is 2.49. The summed E-state index contributed by atoms with van der Waals surface area (Å²) in [6, 6.07) is 0. The fourth-order valence-electron chi connectivity index (χ4n) is 1.93. The van der Waals surface area contributed by atoms with Gasteiger partial charge in [0.25, 0.3) is 0 Å². The third-order valence-corrected chi connectivity index (χ3v) is 3.16. The molecule has 0 aliphatic carbocycles. The van der Waals surface area contributed by atoms with Gasteiger partial charge >= 0.3 is 12.2 Å². The van der Waals surface area contributed by atoms with Crippen LogP contribution < -0.4 is 10.6 Å². The van der Waals surface area contributed by atoms with Crippen molar-refractivity contribution in [2.45, 2.75) is 66.1 Å². The third kappa shape index (κ3) is 41.1. The van der Waals surface area contributed by atoms with Gasteiger partial charge in [-0.2, -0.15) is 0 Å². The van der Waals surface area contributed by atoms with Gasteiger partial charge in [0.15, 0.2) is 0 Å². The number of amides is 2. The number of rotatable bonds is 16. The van der Waals surface area contributed by atoms with Crippen LogP contribution in [-0.2, 0) is 47.0 Å². The number of alkyl carbamates (subject to hydrolysis) is 2. The van der Waals surface area contributed by atoms with E-state index in [0.29, 0.717) is 59.3 Å². The summed E-state index contributed by atoms with van der Waals surface area (Å²) in [4.78, 5) is 22.4. The van der Waals surface area contributed by atoms with Crippen molar-refractivity contribution in [3.8, 4) is 0 Å². The number of aliphatic hydroxyl groups excluding tert-OH is 1. The maximum Gasteiger partial charge on any atom is 0.407 e. The number of hydrogen-bond donors (Lipinski definition) is 3. The first kappa shape index (κ1) is 43.0. The zero-order valence-corrected chi connectivity index (χ0v) is 28.7. The van der Waals surface area contributed by atoms with Crippen LogP contribution in [0.4, 0.5) is 9.59 Å². The second kappa shape index (κ2) is 28.0. The van der Waals surface area contributed by atoms with Crippen LogP contribution in [0.25, 0.3) is 0 Å². The van der Waals surface area contributed by atoms with Gasteiger partial charge < -0.3 is 44.2 Å². The van der Waals surface area contributed by atoms with Crippen LogP contribution in [-0.4, -0.2) is 101 Å². The average Bonchev–Trinajstić information content (AvgIpc) is 2.70. The van der Waals surface area contributed by atoms with Crippen molar-refractivity contribution in [3.63, 3.8) is 0 Å². The van der Waals surface area contributed by atoms with Crippen LogP contribution >= 0.6 is 0 Å². The Bertz CT molecular complexity index is 461. The van der Waals surface area contributed by atoms with Gasteiger partial charge in [-0.15, -0.1) is 0 Å². The Balaban J connectivity index is -0.000000269. The van der Waals surface area contributed by atoms with E-state index in [0.717, 1.165) is 13.0 Å². The molecule has 0 aromatic heterocycles. The largest absolute Gasteiger partial charge is 0.444 e. The van der Waals surface area contributed by atoms with E-state index in [-0.39, 0.29) is 56.3 Å². The van der Waals surface area contributed by atoms with Crippen LogP contribution in [0.2, 0.25) is 0 Å². The fraction of sp³-hybridized carbons (Fsp3) is 0.913. The normalized spacial score (nSPS) is 10.7. The SMILES string of the molecule is CC(C)(C)OC(=O)NCCOCCOCCO.CCCOCCOCCNC(=O)OC(C)(C)C.[U].[V]. The molecule has 213 valence electrons. The standard InChI is InChI=1S/C12H25NO4.C11H23NO5.U.V/c1-5-7-15-9-10-16-8-6-13-11(14)17-12(2,3)4;1-11(2,3)17-10(14)12-4-6-15-8-9-16-7-5-13;;/h5-10H2,1-4H3,(H,13,14);13H,4-9H2,1-3H3,(H,12,14);;. The summed E-state index contributed by atoms with van der Waals surface area (Å²) < 4.78 is 30.8.